The summed E-state index contributed by atoms with van der Waals surface area (Å²) in [5.74, 6) is 2.24. The van der Waals surface area contributed by atoms with Crippen LogP contribution >= 0.6 is 0 Å². The van der Waals surface area contributed by atoms with Crippen molar-refractivity contribution < 1.29 is 9.84 Å². The minimum atomic E-state index is 0.258. The number of hydrogen-bond donors (Lipinski definition) is 2. The van der Waals surface area contributed by atoms with Gasteiger partial charge in [0.15, 0.2) is 0 Å². The van der Waals surface area contributed by atoms with Crippen molar-refractivity contribution in [3.05, 3.63) is 29.8 Å². The Morgan fingerprint density at radius 2 is 2.16 bits per heavy atom. The fraction of sp³-hybridized carbons (Fsp3) is 0.550. The molecule has 2 N–H and O–H groups in total. The summed E-state index contributed by atoms with van der Waals surface area (Å²) in [6.07, 6.45) is 4.77. The van der Waals surface area contributed by atoms with E-state index in [1.54, 1.807) is 7.11 Å². The number of methoxy groups -OCH3 is 1. The molecule has 4 rings (SSSR count). The molecule has 1 saturated heterocycles. The monoisotopic (exact) mass is 341 g/mol. The average Bonchev–Trinajstić information content (AvgIpc) is 3.49. The van der Waals surface area contributed by atoms with Gasteiger partial charge in [0.05, 0.1) is 12.6 Å². The van der Waals surface area contributed by atoms with Gasteiger partial charge in [-0.15, -0.1) is 0 Å². The zero-order chi connectivity index (χ0) is 17.2. The van der Waals surface area contributed by atoms with Gasteiger partial charge < -0.3 is 20.1 Å². The summed E-state index contributed by atoms with van der Waals surface area (Å²) in [6, 6.07) is 9.01. The van der Waals surface area contributed by atoms with Gasteiger partial charge in [0.25, 0.3) is 0 Å². The van der Waals surface area contributed by atoms with Crippen molar-refractivity contribution in [1.82, 2.24) is 10.3 Å². The van der Waals surface area contributed by atoms with Crippen LogP contribution in [0.25, 0.3) is 10.9 Å². The van der Waals surface area contributed by atoms with E-state index in [9.17, 15) is 5.11 Å². The first-order valence-electron chi connectivity index (χ1n) is 9.33. The molecule has 1 saturated carbocycles. The Morgan fingerprint density at radius 1 is 1.28 bits per heavy atom. The number of aliphatic hydroxyl groups is 1. The number of nitrogens with one attached hydrogen (secondary N) is 1. The van der Waals surface area contributed by atoms with Crippen LogP contribution in [0, 0.1) is 5.92 Å². The van der Waals surface area contributed by atoms with Crippen molar-refractivity contribution in [1.29, 1.82) is 0 Å². The molecule has 1 aliphatic carbocycles. The highest BCUT2D eigenvalue weighted by Crippen LogP contribution is 2.30. The van der Waals surface area contributed by atoms with Gasteiger partial charge in [0, 0.05) is 49.3 Å². The molecule has 1 unspecified atom stereocenters. The molecule has 0 amide bonds. The minimum Gasteiger partial charge on any atom is -0.497 e. The fourth-order valence-corrected chi connectivity index (χ4v) is 3.66. The fourth-order valence-electron chi connectivity index (χ4n) is 3.66. The van der Waals surface area contributed by atoms with Gasteiger partial charge >= 0.3 is 0 Å². The van der Waals surface area contributed by atoms with Crippen LogP contribution in [0.15, 0.2) is 24.3 Å². The number of aromatic nitrogens is 1. The van der Waals surface area contributed by atoms with Crippen molar-refractivity contribution in [2.75, 3.05) is 31.7 Å². The van der Waals surface area contributed by atoms with Crippen LogP contribution in [0.5, 0.6) is 5.75 Å². The molecule has 5 heteroatoms. The molecular weight excluding hydrogens is 314 g/mol. The van der Waals surface area contributed by atoms with E-state index in [-0.39, 0.29) is 6.61 Å². The number of piperidine rings is 1. The first kappa shape index (κ1) is 16.6. The van der Waals surface area contributed by atoms with Crippen LogP contribution in [0.1, 0.15) is 31.2 Å². The number of hydrogen-bond acceptors (Lipinski definition) is 5. The number of aliphatic hydroxyl groups excluding tert-OH is 1. The molecule has 0 spiro atoms. The number of pyridine rings is 1. The molecule has 25 heavy (non-hydrogen) atoms. The van der Waals surface area contributed by atoms with E-state index >= 15 is 0 Å². The largest absolute Gasteiger partial charge is 0.497 e. The Balaban J connectivity index is 1.70. The summed E-state index contributed by atoms with van der Waals surface area (Å²) in [4.78, 5) is 7.35. The highest BCUT2D eigenvalue weighted by molar-refractivity contribution is 5.83. The molecule has 0 bridgehead atoms. The maximum Gasteiger partial charge on any atom is 0.133 e. The summed E-state index contributed by atoms with van der Waals surface area (Å²) in [5, 5.41) is 14.3. The normalized spacial score (nSPS) is 20.9. The number of nitrogens with zero attached hydrogens (tertiary/aromatic N) is 2. The summed E-state index contributed by atoms with van der Waals surface area (Å²) in [5.41, 5.74) is 2.22. The lowest BCUT2D eigenvalue weighted by Crippen LogP contribution is -2.38. The highest BCUT2D eigenvalue weighted by Gasteiger charge is 2.25. The summed E-state index contributed by atoms with van der Waals surface area (Å²) in [7, 11) is 1.69. The van der Waals surface area contributed by atoms with Crippen molar-refractivity contribution >= 4 is 16.7 Å². The van der Waals surface area contributed by atoms with Crippen LogP contribution in [0.2, 0.25) is 0 Å². The molecule has 1 atom stereocenters. The van der Waals surface area contributed by atoms with E-state index in [2.05, 4.69) is 22.3 Å². The quantitative estimate of drug-likeness (QED) is 0.846. The third-order valence-corrected chi connectivity index (χ3v) is 5.32. The van der Waals surface area contributed by atoms with E-state index in [4.69, 9.17) is 9.72 Å². The Labute approximate surface area is 149 Å². The lowest BCUT2D eigenvalue weighted by Gasteiger charge is -2.34. The SMILES string of the molecule is COc1ccc2cc(CNC3CC3)c(N3CCCC(CO)C3)nc2c1. The molecule has 0 radical (unpaired) electrons. The predicted molar refractivity (Wildman–Crippen MR) is 100 cm³/mol. The topological polar surface area (TPSA) is 57.6 Å². The van der Waals surface area contributed by atoms with E-state index in [1.165, 1.54) is 18.4 Å². The minimum absolute atomic E-state index is 0.258. The number of benzene rings is 1. The van der Waals surface area contributed by atoms with Gasteiger partial charge in [-0.3, -0.25) is 0 Å². The molecule has 2 aliphatic rings. The van der Waals surface area contributed by atoms with Gasteiger partial charge in [0.1, 0.15) is 11.6 Å². The zero-order valence-electron chi connectivity index (χ0n) is 14.9. The van der Waals surface area contributed by atoms with Crippen molar-refractivity contribution in [2.24, 2.45) is 5.92 Å². The lowest BCUT2D eigenvalue weighted by molar-refractivity contribution is 0.208. The van der Waals surface area contributed by atoms with Crippen LogP contribution < -0.4 is 15.0 Å². The van der Waals surface area contributed by atoms with Crippen LogP contribution in [-0.2, 0) is 6.54 Å². The first-order chi connectivity index (χ1) is 12.3. The summed E-state index contributed by atoms with van der Waals surface area (Å²) >= 11 is 0. The Bertz CT molecular complexity index is 745. The molecule has 134 valence electrons. The molecule has 2 fully saturated rings. The molecule has 5 nitrogen and oxygen atoms in total. The predicted octanol–water partition coefficient (Wildman–Crippen LogP) is 2.70. The van der Waals surface area contributed by atoms with Gasteiger partial charge in [-0.1, -0.05) is 0 Å². The van der Waals surface area contributed by atoms with E-state index in [1.807, 2.05) is 12.1 Å². The van der Waals surface area contributed by atoms with Crippen LogP contribution in [0.4, 0.5) is 5.82 Å². The molecule has 2 aromatic rings. The highest BCUT2D eigenvalue weighted by atomic mass is 16.5. The van der Waals surface area contributed by atoms with E-state index < -0.39 is 0 Å². The second-order valence-electron chi connectivity index (χ2n) is 7.32. The third-order valence-electron chi connectivity index (χ3n) is 5.32. The molecule has 1 aromatic heterocycles. The van der Waals surface area contributed by atoms with Gasteiger partial charge in [-0.05, 0) is 49.8 Å². The van der Waals surface area contributed by atoms with Gasteiger partial charge in [-0.25, -0.2) is 4.98 Å². The number of ether oxygens (including phenoxy) is 1. The maximum absolute atomic E-state index is 9.57. The smallest absolute Gasteiger partial charge is 0.133 e. The second kappa shape index (κ2) is 7.18. The van der Waals surface area contributed by atoms with Crippen molar-refractivity contribution in [3.8, 4) is 5.75 Å². The van der Waals surface area contributed by atoms with Gasteiger partial charge in [-0.2, -0.15) is 0 Å². The molecular formula is C20H27N3O2. The maximum atomic E-state index is 9.57. The van der Waals surface area contributed by atoms with E-state index in [0.29, 0.717) is 12.0 Å². The Kier molecular flexibility index (Phi) is 4.77. The second-order valence-corrected chi connectivity index (χ2v) is 7.32. The third kappa shape index (κ3) is 3.72. The molecule has 2 heterocycles. The number of anilines is 1. The Morgan fingerprint density at radius 3 is 2.92 bits per heavy atom. The van der Waals surface area contributed by atoms with E-state index in [0.717, 1.165) is 54.9 Å². The molecule has 1 aliphatic heterocycles. The Hall–Kier alpha value is -1.85. The lowest BCUT2D eigenvalue weighted by atomic mass is 9.98. The van der Waals surface area contributed by atoms with Crippen molar-refractivity contribution in [3.63, 3.8) is 0 Å². The zero-order valence-corrected chi connectivity index (χ0v) is 14.9. The van der Waals surface area contributed by atoms with Gasteiger partial charge in [0.2, 0.25) is 0 Å². The van der Waals surface area contributed by atoms with Crippen LogP contribution in [-0.4, -0.2) is 42.9 Å². The average molecular weight is 341 g/mol. The first-order valence-corrected chi connectivity index (χ1v) is 9.33. The number of rotatable bonds is 6. The molecule has 1 aromatic carbocycles. The van der Waals surface area contributed by atoms with Crippen molar-refractivity contribution in [2.45, 2.75) is 38.3 Å². The number of fused-ring (bicyclic) bond motifs is 1. The summed E-state index contributed by atoms with van der Waals surface area (Å²) in [6.45, 7) is 3.01. The summed E-state index contributed by atoms with van der Waals surface area (Å²) < 4.78 is 5.36. The van der Waals surface area contributed by atoms with Crippen LogP contribution in [0.3, 0.4) is 0 Å². The standard InChI is InChI=1S/C20H27N3O2/c1-25-18-7-4-15-9-16(11-21-17-5-6-17)20(22-19(15)10-18)23-8-2-3-14(12-23)13-24/h4,7,9-10,14,17,21,24H,2-3,5-6,8,11-13H2,1H3.